The molecule has 28 heavy (non-hydrogen) atoms. The highest BCUT2D eigenvalue weighted by molar-refractivity contribution is 7.16. The zero-order valence-electron chi connectivity index (χ0n) is 15.3. The largest absolute Gasteiger partial charge is 0.346 e. The molecule has 142 valence electrons. The molecule has 0 saturated carbocycles. The number of aromatic nitrogens is 1. The molecular formula is C22H20ClN3OS. The number of carbonyl (C=O) groups is 1. The van der Waals surface area contributed by atoms with E-state index in [2.05, 4.69) is 17.2 Å². The third-order valence-electron chi connectivity index (χ3n) is 4.33. The summed E-state index contributed by atoms with van der Waals surface area (Å²) < 4.78 is 2.76. The van der Waals surface area contributed by atoms with E-state index in [1.165, 1.54) is 11.3 Å². The van der Waals surface area contributed by atoms with Crippen molar-refractivity contribution < 1.29 is 4.79 Å². The van der Waals surface area contributed by atoms with Gasteiger partial charge in [-0.2, -0.15) is 5.26 Å². The number of rotatable bonds is 8. The second-order valence-electron chi connectivity index (χ2n) is 6.25. The normalized spacial score (nSPS) is 11.0. The van der Waals surface area contributed by atoms with E-state index in [0.29, 0.717) is 30.4 Å². The number of benzene rings is 1. The van der Waals surface area contributed by atoms with Gasteiger partial charge in [0.05, 0.1) is 23.4 Å². The summed E-state index contributed by atoms with van der Waals surface area (Å²) in [5.74, 6) is -0.0849. The first-order chi connectivity index (χ1) is 13.6. The molecule has 0 N–H and O–H groups in total. The molecule has 0 spiro atoms. The van der Waals surface area contributed by atoms with Crippen molar-refractivity contribution in [3.05, 3.63) is 76.1 Å². The van der Waals surface area contributed by atoms with Crippen LogP contribution in [0.15, 0.2) is 61.3 Å². The highest BCUT2D eigenvalue weighted by Crippen LogP contribution is 2.24. The lowest BCUT2D eigenvalue weighted by Gasteiger charge is -2.18. The van der Waals surface area contributed by atoms with Gasteiger partial charge in [0.15, 0.2) is 0 Å². The van der Waals surface area contributed by atoms with Gasteiger partial charge in [0, 0.05) is 46.7 Å². The minimum atomic E-state index is -0.0849. The molecule has 4 nitrogen and oxygen atoms in total. The minimum Gasteiger partial charge on any atom is -0.346 e. The van der Waals surface area contributed by atoms with Crippen LogP contribution in [-0.2, 0) is 17.9 Å². The number of hydrogen-bond donors (Lipinski definition) is 0. The molecule has 2 aromatic heterocycles. The third kappa shape index (κ3) is 4.72. The number of nitriles is 1. The topological polar surface area (TPSA) is 49.0 Å². The number of aryl methyl sites for hydroxylation is 1. The predicted molar refractivity (Wildman–Crippen MR) is 116 cm³/mol. The van der Waals surface area contributed by atoms with E-state index in [4.69, 9.17) is 16.9 Å². The summed E-state index contributed by atoms with van der Waals surface area (Å²) in [4.78, 5) is 15.5. The predicted octanol–water partition coefficient (Wildman–Crippen LogP) is 5.50. The van der Waals surface area contributed by atoms with E-state index < -0.39 is 0 Å². The lowest BCUT2D eigenvalue weighted by molar-refractivity contribution is -0.126. The Hall–Kier alpha value is -2.81. The van der Waals surface area contributed by atoms with Crippen molar-refractivity contribution in [2.24, 2.45) is 0 Å². The molecule has 0 aliphatic heterocycles. The van der Waals surface area contributed by atoms with Crippen molar-refractivity contribution in [2.45, 2.75) is 19.5 Å². The molecule has 3 aromatic rings. The van der Waals surface area contributed by atoms with Crippen molar-refractivity contribution in [3.63, 3.8) is 0 Å². The van der Waals surface area contributed by atoms with Crippen LogP contribution in [0.25, 0.3) is 17.0 Å². The van der Waals surface area contributed by atoms with Crippen LogP contribution >= 0.6 is 22.9 Å². The van der Waals surface area contributed by atoms with Gasteiger partial charge in [0.2, 0.25) is 5.91 Å². The van der Waals surface area contributed by atoms with Gasteiger partial charge in [-0.1, -0.05) is 35.9 Å². The molecule has 3 rings (SSSR count). The quantitative estimate of drug-likeness (QED) is 0.364. The fraction of sp³-hybridized carbons (Fsp3) is 0.182. The van der Waals surface area contributed by atoms with Crippen LogP contribution in [0.5, 0.6) is 0 Å². The fourth-order valence-electron chi connectivity index (χ4n) is 3.04. The summed E-state index contributed by atoms with van der Waals surface area (Å²) in [5, 5.41) is 9.93. The Kier molecular flexibility index (Phi) is 6.70. The van der Waals surface area contributed by atoms with Crippen LogP contribution in [0.4, 0.5) is 0 Å². The zero-order chi connectivity index (χ0) is 19.9. The molecule has 1 aromatic carbocycles. The van der Waals surface area contributed by atoms with E-state index in [9.17, 15) is 4.79 Å². The van der Waals surface area contributed by atoms with E-state index in [0.717, 1.165) is 21.3 Å². The SMILES string of the molecule is C=CCN(Cc1ccc(Cl)s1)C(=O)/C=C/c1cn(CCC#N)c2ccccc12. The summed E-state index contributed by atoms with van der Waals surface area (Å²) in [6.45, 7) is 5.33. The Labute approximate surface area is 173 Å². The lowest BCUT2D eigenvalue weighted by Crippen LogP contribution is -2.28. The number of amides is 1. The van der Waals surface area contributed by atoms with Crippen LogP contribution in [0.1, 0.15) is 16.9 Å². The molecule has 6 heteroatoms. The van der Waals surface area contributed by atoms with Crippen LogP contribution in [0.2, 0.25) is 4.34 Å². The van der Waals surface area contributed by atoms with Crippen LogP contribution in [0.3, 0.4) is 0 Å². The van der Waals surface area contributed by atoms with Gasteiger partial charge in [-0.15, -0.1) is 17.9 Å². The minimum absolute atomic E-state index is 0.0849. The maximum Gasteiger partial charge on any atom is 0.247 e. The molecule has 0 saturated heterocycles. The number of hydrogen-bond acceptors (Lipinski definition) is 3. The first-order valence-corrected chi connectivity index (χ1v) is 10.1. The molecule has 0 atom stereocenters. The number of halogens is 1. The first-order valence-electron chi connectivity index (χ1n) is 8.89. The van der Waals surface area contributed by atoms with Crippen molar-refractivity contribution in [1.29, 1.82) is 5.26 Å². The molecule has 0 fully saturated rings. The van der Waals surface area contributed by atoms with Gasteiger partial charge in [-0.25, -0.2) is 0 Å². The Morgan fingerprint density at radius 1 is 1.32 bits per heavy atom. The highest BCUT2D eigenvalue weighted by atomic mass is 35.5. The van der Waals surface area contributed by atoms with Crippen LogP contribution in [0, 0.1) is 11.3 Å². The smallest absolute Gasteiger partial charge is 0.247 e. The van der Waals surface area contributed by atoms with Crippen molar-refractivity contribution in [2.75, 3.05) is 6.54 Å². The van der Waals surface area contributed by atoms with Gasteiger partial charge in [0.25, 0.3) is 0 Å². The summed E-state index contributed by atoms with van der Waals surface area (Å²) in [6.07, 6.45) is 7.58. The summed E-state index contributed by atoms with van der Waals surface area (Å²) >= 11 is 7.46. The highest BCUT2D eigenvalue weighted by Gasteiger charge is 2.12. The Bertz CT molecular complexity index is 1060. The summed E-state index contributed by atoms with van der Waals surface area (Å²) in [7, 11) is 0. The standard InChI is InChI=1S/C22H20ClN3OS/c1-2-13-26(16-18-9-10-21(23)28-18)22(27)11-8-17-15-25(14-5-12-24)20-7-4-3-6-19(17)20/h2-4,6-11,15H,1,5,13-14,16H2/b11-8+. The van der Waals surface area contributed by atoms with Gasteiger partial charge in [-0.3, -0.25) is 4.79 Å². The number of thiophene rings is 1. The van der Waals surface area contributed by atoms with Crippen molar-refractivity contribution >= 4 is 45.8 Å². The maximum atomic E-state index is 12.7. The average molecular weight is 410 g/mol. The Morgan fingerprint density at radius 3 is 2.86 bits per heavy atom. The molecule has 2 heterocycles. The number of para-hydroxylation sites is 1. The number of fused-ring (bicyclic) bond motifs is 1. The molecule has 0 aliphatic carbocycles. The molecule has 0 bridgehead atoms. The van der Waals surface area contributed by atoms with Gasteiger partial charge < -0.3 is 9.47 Å². The second-order valence-corrected chi connectivity index (χ2v) is 8.05. The summed E-state index contributed by atoms with van der Waals surface area (Å²) in [5.41, 5.74) is 2.01. The van der Waals surface area contributed by atoms with Gasteiger partial charge in [0.1, 0.15) is 0 Å². The molecule has 0 radical (unpaired) electrons. The number of nitrogens with zero attached hydrogens (tertiary/aromatic N) is 3. The number of carbonyl (C=O) groups excluding carboxylic acids is 1. The average Bonchev–Trinajstić information content (AvgIpc) is 3.27. The fourth-order valence-corrected chi connectivity index (χ4v) is 4.15. The van der Waals surface area contributed by atoms with Crippen molar-refractivity contribution in [1.82, 2.24) is 9.47 Å². The molecule has 1 amide bonds. The lowest BCUT2D eigenvalue weighted by atomic mass is 10.1. The molecule has 0 aliphatic rings. The monoisotopic (exact) mass is 409 g/mol. The van der Waals surface area contributed by atoms with Gasteiger partial charge >= 0.3 is 0 Å². The van der Waals surface area contributed by atoms with E-state index >= 15 is 0 Å². The zero-order valence-corrected chi connectivity index (χ0v) is 16.9. The molecular weight excluding hydrogens is 390 g/mol. The molecule has 0 unspecified atom stereocenters. The van der Waals surface area contributed by atoms with Crippen molar-refractivity contribution in [3.8, 4) is 6.07 Å². The maximum absolute atomic E-state index is 12.7. The van der Waals surface area contributed by atoms with E-state index in [1.807, 2.05) is 48.7 Å². The first kappa shape index (κ1) is 19.9. The Balaban J connectivity index is 1.82. The van der Waals surface area contributed by atoms with Crippen LogP contribution in [-0.4, -0.2) is 21.9 Å². The second kappa shape index (κ2) is 9.41. The van der Waals surface area contributed by atoms with Gasteiger partial charge in [-0.05, 0) is 24.3 Å². The summed E-state index contributed by atoms with van der Waals surface area (Å²) in [6, 6.07) is 13.9. The Morgan fingerprint density at radius 2 is 2.14 bits per heavy atom. The van der Waals surface area contributed by atoms with E-state index in [-0.39, 0.29) is 5.91 Å². The van der Waals surface area contributed by atoms with E-state index in [1.54, 1.807) is 17.1 Å². The van der Waals surface area contributed by atoms with Crippen LogP contribution < -0.4 is 0 Å². The third-order valence-corrected chi connectivity index (χ3v) is 5.54.